The van der Waals surface area contributed by atoms with E-state index < -0.39 is 4.92 Å². The van der Waals surface area contributed by atoms with Crippen molar-refractivity contribution in [2.45, 2.75) is 19.4 Å². The van der Waals surface area contributed by atoms with E-state index in [2.05, 4.69) is 15.3 Å². The Bertz CT molecular complexity index is 603. The van der Waals surface area contributed by atoms with Crippen molar-refractivity contribution in [3.8, 4) is 0 Å². The number of anilines is 2. The maximum atomic E-state index is 10.9. The molecule has 1 unspecified atom stereocenters. The zero-order valence-corrected chi connectivity index (χ0v) is 11.0. The number of hydrogen-bond acceptors (Lipinski definition) is 6. The van der Waals surface area contributed by atoms with Gasteiger partial charge in [-0.1, -0.05) is 30.3 Å². The van der Waals surface area contributed by atoms with Gasteiger partial charge in [0.2, 0.25) is 11.8 Å². The zero-order chi connectivity index (χ0) is 14.5. The number of nitrogens with two attached hydrogens (primary N) is 1. The van der Waals surface area contributed by atoms with E-state index in [0.717, 1.165) is 18.2 Å². The predicted molar refractivity (Wildman–Crippen MR) is 76.3 cm³/mol. The van der Waals surface area contributed by atoms with Gasteiger partial charge in [0.15, 0.2) is 0 Å². The lowest BCUT2D eigenvalue weighted by molar-refractivity contribution is -0.384. The molecule has 7 heteroatoms. The molecule has 0 saturated carbocycles. The monoisotopic (exact) mass is 273 g/mol. The number of benzene rings is 1. The second-order valence-corrected chi connectivity index (χ2v) is 4.45. The number of nitrogens with one attached hydrogen (secondary N) is 1. The van der Waals surface area contributed by atoms with Crippen molar-refractivity contribution in [1.82, 2.24) is 9.97 Å². The Morgan fingerprint density at radius 2 is 2.10 bits per heavy atom. The van der Waals surface area contributed by atoms with Gasteiger partial charge in [-0.05, 0) is 18.9 Å². The Balaban J connectivity index is 2.13. The molecule has 7 nitrogen and oxygen atoms in total. The van der Waals surface area contributed by atoms with Gasteiger partial charge in [0.25, 0.3) is 0 Å². The highest BCUT2D eigenvalue weighted by molar-refractivity contribution is 5.56. The number of nitrogen functional groups attached to an aromatic ring is 1. The molecule has 1 aromatic carbocycles. The molecule has 0 fully saturated rings. The van der Waals surface area contributed by atoms with Gasteiger partial charge in [-0.25, -0.2) is 4.98 Å². The van der Waals surface area contributed by atoms with Crippen LogP contribution >= 0.6 is 0 Å². The molecular formula is C13H15N5O2. The van der Waals surface area contributed by atoms with Crippen LogP contribution < -0.4 is 11.1 Å². The SMILES string of the molecule is CC(Cc1ccccc1)Nc1nc(N)ncc1[N+](=O)[O-]. The molecule has 20 heavy (non-hydrogen) atoms. The van der Waals surface area contributed by atoms with Gasteiger partial charge in [0.1, 0.15) is 6.20 Å². The molecule has 0 aliphatic heterocycles. The van der Waals surface area contributed by atoms with Crippen molar-refractivity contribution in [1.29, 1.82) is 0 Å². The summed E-state index contributed by atoms with van der Waals surface area (Å²) in [5.41, 5.74) is 6.43. The Morgan fingerprint density at radius 3 is 2.75 bits per heavy atom. The minimum Gasteiger partial charge on any atom is -0.368 e. The normalized spacial score (nSPS) is 11.8. The number of nitro groups is 1. The molecule has 0 saturated heterocycles. The van der Waals surface area contributed by atoms with Crippen LogP contribution in [0.2, 0.25) is 0 Å². The minimum absolute atomic E-state index is 0.00464. The fourth-order valence-corrected chi connectivity index (χ4v) is 1.88. The Morgan fingerprint density at radius 1 is 1.40 bits per heavy atom. The topological polar surface area (TPSA) is 107 Å². The van der Waals surface area contributed by atoms with E-state index >= 15 is 0 Å². The van der Waals surface area contributed by atoms with Gasteiger partial charge in [-0.15, -0.1) is 0 Å². The highest BCUT2D eigenvalue weighted by Gasteiger charge is 2.18. The summed E-state index contributed by atoms with van der Waals surface area (Å²) in [6.45, 7) is 1.93. The fraction of sp³-hybridized carbons (Fsp3) is 0.231. The summed E-state index contributed by atoms with van der Waals surface area (Å²) < 4.78 is 0. The van der Waals surface area contributed by atoms with E-state index in [9.17, 15) is 10.1 Å². The summed E-state index contributed by atoms with van der Waals surface area (Å²) >= 11 is 0. The number of aromatic nitrogens is 2. The Labute approximate surface area is 116 Å². The van der Waals surface area contributed by atoms with Crippen LogP contribution in [0.1, 0.15) is 12.5 Å². The number of rotatable bonds is 5. The van der Waals surface area contributed by atoms with Crippen molar-refractivity contribution in [2.24, 2.45) is 0 Å². The third-order valence-corrected chi connectivity index (χ3v) is 2.75. The lowest BCUT2D eigenvalue weighted by Gasteiger charge is -2.14. The van der Waals surface area contributed by atoms with Crippen molar-refractivity contribution in [3.63, 3.8) is 0 Å². The quantitative estimate of drug-likeness (QED) is 0.637. The molecule has 0 bridgehead atoms. The van der Waals surface area contributed by atoms with Crippen LogP contribution in [0.4, 0.5) is 17.5 Å². The summed E-state index contributed by atoms with van der Waals surface area (Å²) in [6, 6.07) is 9.82. The minimum atomic E-state index is -0.531. The summed E-state index contributed by atoms with van der Waals surface area (Å²) in [5, 5.41) is 13.9. The van der Waals surface area contributed by atoms with Crippen molar-refractivity contribution in [3.05, 3.63) is 52.2 Å². The molecule has 104 valence electrons. The van der Waals surface area contributed by atoms with Crippen LogP contribution in [-0.4, -0.2) is 20.9 Å². The van der Waals surface area contributed by atoms with Gasteiger partial charge in [0, 0.05) is 6.04 Å². The average molecular weight is 273 g/mol. The maximum Gasteiger partial charge on any atom is 0.329 e. The molecule has 3 N–H and O–H groups in total. The first-order valence-electron chi connectivity index (χ1n) is 6.13. The predicted octanol–water partition coefficient (Wildman–Crippen LogP) is 2.01. The van der Waals surface area contributed by atoms with E-state index in [-0.39, 0.29) is 23.5 Å². The van der Waals surface area contributed by atoms with E-state index in [1.165, 1.54) is 0 Å². The smallest absolute Gasteiger partial charge is 0.329 e. The second kappa shape index (κ2) is 5.96. The lowest BCUT2D eigenvalue weighted by atomic mass is 10.1. The van der Waals surface area contributed by atoms with E-state index in [4.69, 9.17) is 5.73 Å². The van der Waals surface area contributed by atoms with E-state index in [1.54, 1.807) is 0 Å². The maximum absolute atomic E-state index is 10.9. The van der Waals surface area contributed by atoms with Crippen molar-refractivity contribution in [2.75, 3.05) is 11.1 Å². The third kappa shape index (κ3) is 3.41. The molecule has 1 aromatic heterocycles. The average Bonchev–Trinajstić information content (AvgIpc) is 2.39. The Kier molecular flexibility index (Phi) is 4.09. The number of nitrogens with zero attached hydrogens (tertiary/aromatic N) is 3. The second-order valence-electron chi connectivity index (χ2n) is 4.45. The van der Waals surface area contributed by atoms with Gasteiger partial charge < -0.3 is 11.1 Å². The van der Waals surface area contributed by atoms with Gasteiger partial charge in [-0.2, -0.15) is 4.98 Å². The van der Waals surface area contributed by atoms with Gasteiger partial charge >= 0.3 is 5.69 Å². The molecule has 2 aromatic rings. The standard InChI is InChI=1S/C13H15N5O2/c1-9(7-10-5-3-2-4-6-10)16-12-11(18(19)20)8-15-13(14)17-12/h2-6,8-9H,7H2,1H3,(H3,14,15,16,17). The fourth-order valence-electron chi connectivity index (χ4n) is 1.88. The lowest BCUT2D eigenvalue weighted by Crippen LogP contribution is -2.20. The highest BCUT2D eigenvalue weighted by atomic mass is 16.6. The molecule has 0 aliphatic rings. The van der Waals surface area contributed by atoms with Gasteiger partial charge in [-0.3, -0.25) is 10.1 Å². The molecule has 0 radical (unpaired) electrons. The van der Waals surface area contributed by atoms with Crippen LogP contribution in [0.5, 0.6) is 0 Å². The third-order valence-electron chi connectivity index (χ3n) is 2.75. The summed E-state index contributed by atoms with van der Waals surface area (Å²) in [6.07, 6.45) is 1.84. The van der Waals surface area contributed by atoms with E-state index in [1.807, 2.05) is 37.3 Å². The molecular weight excluding hydrogens is 258 g/mol. The first-order chi connectivity index (χ1) is 9.56. The first kappa shape index (κ1) is 13.7. The summed E-state index contributed by atoms with van der Waals surface area (Å²) in [4.78, 5) is 17.9. The van der Waals surface area contributed by atoms with Crippen molar-refractivity contribution < 1.29 is 4.92 Å². The van der Waals surface area contributed by atoms with Crippen LogP contribution in [-0.2, 0) is 6.42 Å². The highest BCUT2D eigenvalue weighted by Crippen LogP contribution is 2.22. The van der Waals surface area contributed by atoms with Crippen LogP contribution in [0.25, 0.3) is 0 Å². The van der Waals surface area contributed by atoms with Crippen LogP contribution in [0.15, 0.2) is 36.5 Å². The summed E-state index contributed by atoms with van der Waals surface area (Å²) in [7, 11) is 0. The van der Waals surface area contributed by atoms with E-state index in [0.29, 0.717) is 0 Å². The van der Waals surface area contributed by atoms with Gasteiger partial charge in [0.05, 0.1) is 4.92 Å². The van der Waals surface area contributed by atoms with Crippen LogP contribution in [0, 0.1) is 10.1 Å². The molecule has 1 heterocycles. The largest absolute Gasteiger partial charge is 0.368 e. The zero-order valence-electron chi connectivity index (χ0n) is 11.0. The molecule has 1 atom stereocenters. The molecule has 0 aliphatic carbocycles. The first-order valence-corrected chi connectivity index (χ1v) is 6.13. The molecule has 0 spiro atoms. The Hall–Kier alpha value is -2.70. The van der Waals surface area contributed by atoms with Crippen molar-refractivity contribution >= 4 is 17.5 Å². The summed E-state index contributed by atoms with van der Waals surface area (Å²) in [5.74, 6) is 0.149. The molecule has 2 rings (SSSR count). The number of hydrogen-bond donors (Lipinski definition) is 2. The molecule has 0 amide bonds. The van der Waals surface area contributed by atoms with Crippen LogP contribution in [0.3, 0.4) is 0 Å².